The Morgan fingerprint density at radius 3 is 0.393 bits per heavy atom. The number of hydrogen-bond donors (Lipinski definition) is 0. The second kappa shape index (κ2) is 39.2. The predicted molar refractivity (Wildman–Crippen MR) is 558 cm³/mol. The fourth-order valence-electron chi connectivity index (χ4n) is 21.6. The maximum absolute atomic E-state index is 6.71. The molecule has 0 radical (unpaired) electrons. The van der Waals surface area contributed by atoms with E-state index in [0.717, 1.165) is 68.1 Å². The number of ether oxygens (including phenoxy) is 6. The molecule has 0 spiro atoms. The van der Waals surface area contributed by atoms with Crippen LogP contribution in [0.15, 0.2) is 425 Å². The summed E-state index contributed by atoms with van der Waals surface area (Å²) < 4.78 is 36.8. The highest BCUT2D eigenvalue weighted by molar-refractivity contribution is 5.81. The molecule has 3 saturated carbocycles. The van der Waals surface area contributed by atoms with Crippen molar-refractivity contribution in [3.63, 3.8) is 0 Å². The van der Waals surface area contributed by atoms with Gasteiger partial charge in [0.15, 0.2) is 0 Å². The zero-order valence-corrected chi connectivity index (χ0v) is 78.5. The van der Waals surface area contributed by atoms with Gasteiger partial charge in [-0.05, 0) is 271 Å². The van der Waals surface area contributed by atoms with Crippen molar-refractivity contribution in [1.29, 1.82) is 0 Å². The van der Waals surface area contributed by atoms with Crippen molar-refractivity contribution < 1.29 is 28.4 Å². The van der Waals surface area contributed by atoms with E-state index < -0.39 is 16.8 Å². The zero-order chi connectivity index (χ0) is 91.8. The summed E-state index contributed by atoms with van der Waals surface area (Å²) in [6.07, 6.45) is 11.6. The first-order chi connectivity index (χ1) is 66.1. The molecule has 0 aromatic heterocycles. The number of benzene rings is 17. The third-order valence-electron chi connectivity index (χ3n) is 30.7. The van der Waals surface area contributed by atoms with Gasteiger partial charge in [-0.2, -0.15) is 0 Å². The third-order valence-corrected chi connectivity index (χ3v) is 30.7. The highest BCUT2D eigenvalue weighted by Gasteiger charge is 2.48. The fourth-order valence-corrected chi connectivity index (χ4v) is 21.6. The molecule has 670 valence electrons. The van der Waals surface area contributed by atoms with Crippen LogP contribution in [0.2, 0.25) is 0 Å². The third kappa shape index (κ3) is 19.1. The van der Waals surface area contributed by atoms with E-state index in [2.05, 4.69) is 445 Å². The van der Waals surface area contributed by atoms with E-state index in [4.69, 9.17) is 28.4 Å². The molecule has 19 aliphatic rings. The quantitative estimate of drug-likeness (QED) is 0.0798. The molecule has 0 amide bonds. The molecule has 0 unspecified atom stereocenters. The van der Waals surface area contributed by atoms with Crippen molar-refractivity contribution in [3.05, 3.63) is 458 Å². The van der Waals surface area contributed by atoms with Crippen molar-refractivity contribution in [2.24, 2.45) is 0 Å². The molecule has 6 nitrogen and oxygen atoms in total. The van der Waals surface area contributed by atoms with Crippen LogP contribution < -0.4 is 0 Å². The van der Waals surface area contributed by atoms with Gasteiger partial charge in [0.25, 0.3) is 0 Å². The molecule has 0 heterocycles. The zero-order valence-electron chi connectivity index (χ0n) is 78.5. The van der Waals surface area contributed by atoms with E-state index in [1.807, 2.05) is 0 Å². The Morgan fingerprint density at radius 1 is 0.141 bits per heavy atom. The first-order valence-electron chi connectivity index (χ1n) is 48.2. The summed E-state index contributed by atoms with van der Waals surface area (Å²) in [5.41, 5.74) is 38.4. The molecule has 3 fully saturated rings. The molecule has 36 rings (SSSR count). The fraction of sp³-hybridized carbons (Fsp3) is 0.209. The molecule has 0 atom stereocenters. The maximum atomic E-state index is 6.71. The largest absolute Gasteiger partial charge is 0.359 e. The predicted octanol–water partition coefficient (Wildman–Crippen LogP) is 33.4. The van der Waals surface area contributed by atoms with Gasteiger partial charge >= 0.3 is 0 Å². The van der Waals surface area contributed by atoms with Crippen molar-refractivity contribution in [2.45, 2.75) is 131 Å². The molecule has 135 heavy (non-hydrogen) atoms. The van der Waals surface area contributed by atoms with Gasteiger partial charge < -0.3 is 28.4 Å². The maximum Gasteiger partial charge on any atom is 0.147 e. The summed E-state index contributed by atoms with van der Waals surface area (Å²) in [5, 5.41) is 0. The Morgan fingerprint density at radius 2 is 0.252 bits per heavy atom. The molecule has 0 N–H and O–H groups in total. The lowest BCUT2D eigenvalue weighted by molar-refractivity contribution is -0.203. The van der Waals surface area contributed by atoms with Gasteiger partial charge in [0.05, 0.1) is 16.8 Å². The SMILES string of the molecule is COCOC12CCC(C)(CC1)c1ccc(cc1)-c1ccc(cc1)C1(C)CCC(C)(CC1)c1ccc(cc1)-c1ccc(cc1)-c1ccc(cc1)C1(OCOC)CCC(OCOC)(CC1)c1ccc(cc1)-c1ccc2cc1.c1ccc(-c2ccc(-c3ccc(-c4ccc(-c5ccc(-c6ccc(-c7ccc(-c8ccc(-c9ccc(-c%10ccccc%10)cc9)cc8)cc7)cc6)cc5)cc4)cc3)cc2)cc1. The lowest BCUT2D eigenvalue weighted by atomic mass is 9.60. The molecular formula is C129H118O6. The summed E-state index contributed by atoms with van der Waals surface area (Å²) in [6.45, 7) is 8.08. The van der Waals surface area contributed by atoms with Crippen LogP contribution in [0.1, 0.15) is 131 Å². The smallest absolute Gasteiger partial charge is 0.147 e. The van der Waals surface area contributed by atoms with Crippen LogP contribution in [-0.4, -0.2) is 41.7 Å². The number of methoxy groups -OCH3 is 3. The van der Waals surface area contributed by atoms with Gasteiger partial charge in [-0.1, -0.05) is 445 Å². The van der Waals surface area contributed by atoms with Crippen LogP contribution in [0.4, 0.5) is 0 Å². The minimum Gasteiger partial charge on any atom is -0.359 e. The Kier molecular flexibility index (Phi) is 26.0. The van der Waals surface area contributed by atoms with Gasteiger partial charge in [-0.15, -0.1) is 0 Å². The van der Waals surface area contributed by atoms with Gasteiger partial charge in [-0.3, -0.25) is 0 Å². The molecule has 17 aromatic carbocycles. The van der Waals surface area contributed by atoms with Gasteiger partial charge in [-0.25, -0.2) is 0 Å². The summed E-state index contributed by atoms with van der Waals surface area (Å²) >= 11 is 0. The average molecular weight is 1760 g/mol. The van der Waals surface area contributed by atoms with E-state index in [-0.39, 0.29) is 36.6 Å². The Labute approximate surface area is 798 Å². The normalized spacial score (nSPS) is 20.0. The topological polar surface area (TPSA) is 55.4 Å². The van der Waals surface area contributed by atoms with Crippen molar-refractivity contribution in [3.8, 4) is 145 Å². The lowest BCUT2D eigenvalue weighted by Crippen LogP contribution is -2.43. The van der Waals surface area contributed by atoms with Gasteiger partial charge in [0.1, 0.15) is 20.4 Å². The van der Waals surface area contributed by atoms with Crippen LogP contribution in [0.5, 0.6) is 0 Å². The van der Waals surface area contributed by atoms with Crippen molar-refractivity contribution >= 4 is 0 Å². The first kappa shape index (κ1) is 89.4. The van der Waals surface area contributed by atoms with Gasteiger partial charge in [0.2, 0.25) is 0 Å². The van der Waals surface area contributed by atoms with Crippen molar-refractivity contribution in [1.82, 2.24) is 0 Å². The Hall–Kier alpha value is -13.5. The standard InChI is InChI=1S/C69H76O6.C60H42/c1-64-35-37-65(2,38-36-64)59-25-13-53(14-26-59)54-15-27-60(28-16-54)66(3)39-41-67(42-40-66,73-47-70-4)61-29-19-56(20-30-61)57-21-33-63(34-22-57)69(75-49-72-6)45-43-68(44-46-69,74-48-71-5)62-31-17-55(18-32-62)51-9-7-50(8-10-51)52-11-23-58(64)24-12-52;1-3-7-43(8-4-1)45-11-15-47(16-12-45)49-19-23-51(24-20-49)53-27-31-55(32-28-53)57-35-39-59(40-36-57)60-41-37-58(38-42-60)56-33-29-54(30-34-56)52-25-21-50(22-26-52)48-17-13-46(14-18-48)44-9-5-2-6-10-44/h7-34H,35-49H2,1-6H3;1-42H. The summed E-state index contributed by atoms with van der Waals surface area (Å²) in [7, 11) is 5.11. The van der Waals surface area contributed by atoms with E-state index in [9.17, 15) is 0 Å². The summed E-state index contributed by atoms with van der Waals surface area (Å²) in [4.78, 5) is 0. The van der Waals surface area contributed by atoms with Crippen LogP contribution in [0.25, 0.3) is 145 Å². The monoisotopic (exact) mass is 1760 g/mol. The van der Waals surface area contributed by atoms with Crippen LogP contribution in [0.3, 0.4) is 0 Å². The summed E-state index contributed by atoms with van der Waals surface area (Å²) in [6, 6.07) is 156. The molecule has 17 aromatic rings. The van der Waals surface area contributed by atoms with E-state index in [1.165, 1.54) is 187 Å². The van der Waals surface area contributed by atoms with Gasteiger partial charge in [0, 0.05) is 21.3 Å². The van der Waals surface area contributed by atoms with E-state index >= 15 is 0 Å². The molecule has 20 bridgehead atoms. The Bertz CT molecular complexity index is 6570. The van der Waals surface area contributed by atoms with Crippen LogP contribution in [0, 0.1) is 0 Å². The summed E-state index contributed by atoms with van der Waals surface area (Å²) in [5.74, 6) is 0. The molecule has 19 aliphatic carbocycles. The average Bonchev–Trinajstić information content (AvgIpc) is 0.813. The molecule has 6 heteroatoms. The van der Waals surface area contributed by atoms with Crippen LogP contribution in [-0.2, 0) is 61.5 Å². The second-order valence-corrected chi connectivity index (χ2v) is 38.7. The minimum absolute atomic E-state index is 0.0439. The second-order valence-electron chi connectivity index (χ2n) is 38.7. The Balaban J connectivity index is 0.000000171. The first-order valence-corrected chi connectivity index (χ1v) is 48.2. The van der Waals surface area contributed by atoms with Crippen LogP contribution >= 0.6 is 0 Å². The van der Waals surface area contributed by atoms with E-state index in [1.54, 1.807) is 21.3 Å². The number of rotatable bonds is 18. The molecule has 0 saturated heterocycles. The highest BCUT2D eigenvalue weighted by atomic mass is 16.7. The molecular weight excluding hydrogens is 1650 g/mol. The van der Waals surface area contributed by atoms with E-state index in [0.29, 0.717) is 0 Å². The lowest BCUT2D eigenvalue weighted by Gasteiger charge is -2.46. The van der Waals surface area contributed by atoms with Crippen molar-refractivity contribution in [2.75, 3.05) is 41.7 Å². The number of hydrogen-bond acceptors (Lipinski definition) is 6. The highest BCUT2D eigenvalue weighted by Crippen LogP contribution is 2.54. The molecule has 0 aliphatic heterocycles. The minimum atomic E-state index is -0.529.